The average molecular weight is 325 g/mol. The highest BCUT2D eigenvalue weighted by Crippen LogP contribution is 2.40. The Morgan fingerprint density at radius 2 is 1.46 bits per heavy atom. The van der Waals surface area contributed by atoms with Gasteiger partial charge in [0.05, 0.1) is 25.4 Å². The Morgan fingerprint density at radius 3 is 2.04 bits per heavy atom. The van der Waals surface area contributed by atoms with Gasteiger partial charge in [0.1, 0.15) is 5.75 Å². The Labute approximate surface area is 140 Å². The molecule has 3 rings (SSSR count). The third kappa shape index (κ3) is 2.58. The lowest BCUT2D eigenvalue weighted by Gasteiger charge is -2.13. The molecule has 0 bridgehead atoms. The minimum Gasteiger partial charge on any atom is -0.508 e. The molecule has 2 N–H and O–H groups in total. The number of hydrogen-bond donors (Lipinski definition) is 2. The summed E-state index contributed by atoms with van der Waals surface area (Å²) in [6.45, 7) is 3.81. The van der Waals surface area contributed by atoms with Gasteiger partial charge in [-0.15, -0.1) is 0 Å². The molecule has 0 spiro atoms. The summed E-state index contributed by atoms with van der Waals surface area (Å²) in [5.74, 6) is 0.867. The highest BCUT2D eigenvalue weighted by Gasteiger charge is 2.14. The van der Waals surface area contributed by atoms with E-state index in [-0.39, 0.29) is 11.5 Å². The standard InChI is InChI=1S/C19H19NO4/c1-10-5-14(20-15-6-11(2)16(21)9-13(10)15)12-7-17(23-3)19(22)18(8-12)24-4/h5-9,21-22H,1-4H3. The number of nitrogens with zero attached hydrogens (tertiary/aromatic N) is 1. The van der Waals surface area contributed by atoms with Crippen LogP contribution in [0.2, 0.25) is 0 Å². The predicted octanol–water partition coefficient (Wildman–Crippen LogP) is 3.95. The zero-order valence-corrected chi connectivity index (χ0v) is 14.0. The molecule has 0 radical (unpaired) electrons. The van der Waals surface area contributed by atoms with Crippen molar-refractivity contribution >= 4 is 10.9 Å². The highest BCUT2D eigenvalue weighted by molar-refractivity contribution is 5.87. The van der Waals surface area contributed by atoms with E-state index in [1.165, 1.54) is 14.2 Å². The number of aryl methyl sites for hydroxylation is 2. The molecule has 5 nitrogen and oxygen atoms in total. The second-order valence-electron chi connectivity index (χ2n) is 5.71. The second-order valence-corrected chi connectivity index (χ2v) is 5.71. The summed E-state index contributed by atoms with van der Waals surface area (Å²) in [4.78, 5) is 4.68. The van der Waals surface area contributed by atoms with Crippen LogP contribution in [0.15, 0.2) is 30.3 Å². The van der Waals surface area contributed by atoms with Crippen LogP contribution in [0.1, 0.15) is 11.1 Å². The topological polar surface area (TPSA) is 71.8 Å². The lowest BCUT2D eigenvalue weighted by atomic mass is 10.0. The van der Waals surface area contributed by atoms with Crippen LogP contribution in [0.5, 0.6) is 23.0 Å². The second kappa shape index (κ2) is 5.92. The zero-order valence-electron chi connectivity index (χ0n) is 14.0. The van der Waals surface area contributed by atoms with E-state index >= 15 is 0 Å². The summed E-state index contributed by atoms with van der Waals surface area (Å²) in [6, 6.07) is 8.96. The van der Waals surface area contributed by atoms with Crippen molar-refractivity contribution in [3.63, 3.8) is 0 Å². The van der Waals surface area contributed by atoms with Crippen molar-refractivity contribution < 1.29 is 19.7 Å². The Kier molecular flexibility index (Phi) is 3.93. The molecule has 1 heterocycles. The molecule has 0 unspecified atom stereocenters. The van der Waals surface area contributed by atoms with Crippen molar-refractivity contribution in [2.45, 2.75) is 13.8 Å². The number of rotatable bonds is 3. The van der Waals surface area contributed by atoms with Gasteiger partial charge < -0.3 is 19.7 Å². The molecular formula is C19H19NO4. The van der Waals surface area contributed by atoms with Crippen LogP contribution in [0.3, 0.4) is 0 Å². The van der Waals surface area contributed by atoms with Gasteiger partial charge in [0.2, 0.25) is 5.75 Å². The fraction of sp³-hybridized carbons (Fsp3) is 0.211. The normalized spacial score (nSPS) is 10.8. The van der Waals surface area contributed by atoms with E-state index in [4.69, 9.17) is 9.47 Å². The lowest BCUT2D eigenvalue weighted by Crippen LogP contribution is -1.93. The van der Waals surface area contributed by atoms with Crippen LogP contribution in [0, 0.1) is 13.8 Å². The molecule has 1 aromatic heterocycles. The largest absolute Gasteiger partial charge is 0.508 e. The molecule has 2 aromatic carbocycles. The Hall–Kier alpha value is -2.95. The van der Waals surface area contributed by atoms with Crippen LogP contribution >= 0.6 is 0 Å². The number of hydrogen-bond acceptors (Lipinski definition) is 5. The summed E-state index contributed by atoms with van der Waals surface area (Å²) >= 11 is 0. The van der Waals surface area contributed by atoms with E-state index in [9.17, 15) is 10.2 Å². The van der Waals surface area contributed by atoms with Crippen molar-refractivity contribution in [1.82, 2.24) is 4.98 Å². The van der Waals surface area contributed by atoms with Crippen molar-refractivity contribution in [1.29, 1.82) is 0 Å². The Balaban J connectivity index is 2.25. The third-order valence-corrected chi connectivity index (χ3v) is 4.11. The van der Waals surface area contributed by atoms with Crippen molar-refractivity contribution in [3.8, 4) is 34.3 Å². The number of methoxy groups -OCH3 is 2. The number of benzene rings is 2. The van der Waals surface area contributed by atoms with E-state index in [0.717, 1.165) is 33.3 Å². The van der Waals surface area contributed by atoms with Gasteiger partial charge in [-0.3, -0.25) is 0 Å². The molecule has 0 aliphatic heterocycles. The number of pyridine rings is 1. The van der Waals surface area contributed by atoms with Crippen LogP contribution in [0.25, 0.3) is 22.2 Å². The maximum atomic E-state index is 10.1. The SMILES string of the molecule is COc1cc(-c2cc(C)c3cc(O)c(C)cc3n2)cc(OC)c1O. The van der Waals surface area contributed by atoms with Gasteiger partial charge >= 0.3 is 0 Å². The molecule has 0 saturated carbocycles. The van der Waals surface area contributed by atoms with Gasteiger partial charge in [0.25, 0.3) is 0 Å². The number of phenols is 2. The van der Waals surface area contributed by atoms with E-state index in [0.29, 0.717) is 11.5 Å². The van der Waals surface area contributed by atoms with E-state index < -0.39 is 0 Å². The number of phenolic OH excluding ortho intramolecular Hbond substituents is 2. The average Bonchev–Trinajstić information content (AvgIpc) is 2.56. The molecule has 0 aliphatic carbocycles. The van der Waals surface area contributed by atoms with Crippen LogP contribution in [-0.4, -0.2) is 29.4 Å². The molecule has 0 aliphatic rings. The first-order valence-electron chi connectivity index (χ1n) is 7.51. The molecule has 0 fully saturated rings. The predicted molar refractivity (Wildman–Crippen MR) is 93.1 cm³/mol. The Bertz CT molecular complexity index is 909. The Morgan fingerprint density at radius 1 is 0.833 bits per heavy atom. The number of aromatic hydroxyl groups is 2. The first-order valence-corrected chi connectivity index (χ1v) is 7.51. The molecular weight excluding hydrogens is 306 g/mol. The van der Waals surface area contributed by atoms with Crippen molar-refractivity contribution in [3.05, 3.63) is 41.5 Å². The first-order chi connectivity index (χ1) is 11.4. The van der Waals surface area contributed by atoms with Gasteiger partial charge in [-0.2, -0.15) is 0 Å². The highest BCUT2D eigenvalue weighted by atomic mass is 16.5. The van der Waals surface area contributed by atoms with Crippen LogP contribution in [-0.2, 0) is 0 Å². The number of aromatic nitrogens is 1. The quantitative estimate of drug-likeness (QED) is 0.763. The van der Waals surface area contributed by atoms with Gasteiger partial charge in [0.15, 0.2) is 11.5 Å². The zero-order chi connectivity index (χ0) is 17.4. The minimum absolute atomic E-state index is 0.0398. The van der Waals surface area contributed by atoms with Crippen LogP contribution < -0.4 is 9.47 Å². The van der Waals surface area contributed by atoms with Crippen molar-refractivity contribution in [2.75, 3.05) is 14.2 Å². The summed E-state index contributed by atoms with van der Waals surface area (Å²) in [6.07, 6.45) is 0. The number of ether oxygens (including phenoxy) is 2. The van der Waals surface area contributed by atoms with Gasteiger partial charge in [0, 0.05) is 10.9 Å². The molecule has 5 heteroatoms. The summed E-state index contributed by atoms with van der Waals surface area (Å²) in [5.41, 5.74) is 4.08. The lowest BCUT2D eigenvalue weighted by molar-refractivity contribution is 0.340. The first kappa shape index (κ1) is 15.9. The smallest absolute Gasteiger partial charge is 0.200 e. The summed E-state index contributed by atoms with van der Waals surface area (Å²) in [5, 5.41) is 20.9. The van der Waals surface area contributed by atoms with E-state index in [1.54, 1.807) is 18.2 Å². The van der Waals surface area contributed by atoms with Gasteiger partial charge in [-0.25, -0.2) is 4.98 Å². The van der Waals surface area contributed by atoms with Gasteiger partial charge in [-0.05, 0) is 55.3 Å². The number of fused-ring (bicyclic) bond motifs is 1. The molecule has 0 amide bonds. The summed E-state index contributed by atoms with van der Waals surface area (Å²) in [7, 11) is 2.98. The molecule has 0 saturated heterocycles. The maximum absolute atomic E-state index is 10.1. The fourth-order valence-electron chi connectivity index (χ4n) is 2.72. The third-order valence-electron chi connectivity index (χ3n) is 4.11. The molecule has 124 valence electrons. The fourth-order valence-corrected chi connectivity index (χ4v) is 2.72. The van der Waals surface area contributed by atoms with Crippen LogP contribution in [0.4, 0.5) is 0 Å². The monoisotopic (exact) mass is 325 g/mol. The van der Waals surface area contributed by atoms with E-state index in [1.807, 2.05) is 26.0 Å². The van der Waals surface area contributed by atoms with Gasteiger partial charge in [-0.1, -0.05) is 0 Å². The molecule has 0 atom stereocenters. The maximum Gasteiger partial charge on any atom is 0.200 e. The molecule has 3 aromatic rings. The molecule has 24 heavy (non-hydrogen) atoms. The summed E-state index contributed by atoms with van der Waals surface area (Å²) < 4.78 is 10.4. The minimum atomic E-state index is -0.0398. The van der Waals surface area contributed by atoms with Crippen molar-refractivity contribution in [2.24, 2.45) is 0 Å². The van der Waals surface area contributed by atoms with E-state index in [2.05, 4.69) is 4.98 Å².